The van der Waals surface area contributed by atoms with Crippen molar-refractivity contribution in [2.45, 2.75) is 25.7 Å². The van der Waals surface area contributed by atoms with Crippen LogP contribution in [0.2, 0.25) is 5.02 Å². The van der Waals surface area contributed by atoms with Gasteiger partial charge in [-0.2, -0.15) is 0 Å². The van der Waals surface area contributed by atoms with Gasteiger partial charge in [-0.25, -0.2) is 9.59 Å². The number of benzene rings is 1. The molecular weight excluding hydrogens is 292 g/mol. The fourth-order valence-electron chi connectivity index (χ4n) is 2.80. The molecule has 0 unspecified atom stereocenters. The van der Waals surface area contributed by atoms with Crippen molar-refractivity contribution in [3.8, 4) is 0 Å². The van der Waals surface area contributed by atoms with Crippen molar-refractivity contribution in [2.24, 2.45) is 11.3 Å². The predicted octanol–water partition coefficient (Wildman–Crippen LogP) is 3.35. The Hall–Kier alpha value is -1.75. The molecule has 2 saturated carbocycles. The highest BCUT2D eigenvalue weighted by Crippen LogP contribution is 2.60. The van der Waals surface area contributed by atoms with Crippen molar-refractivity contribution >= 4 is 29.3 Å². The molecule has 2 aliphatic rings. The number of urea groups is 1. The van der Waals surface area contributed by atoms with E-state index in [1.807, 2.05) is 0 Å². The molecule has 2 aliphatic carbocycles. The summed E-state index contributed by atoms with van der Waals surface area (Å²) in [6, 6.07) is 3.95. The van der Waals surface area contributed by atoms with Crippen molar-refractivity contribution in [1.82, 2.24) is 5.32 Å². The Balaban J connectivity index is 1.58. The van der Waals surface area contributed by atoms with Gasteiger partial charge in [-0.05, 0) is 55.2 Å². The van der Waals surface area contributed by atoms with Crippen LogP contribution in [0, 0.1) is 11.3 Å². The molecule has 3 rings (SSSR count). The van der Waals surface area contributed by atoms with Crippen molar-refractivity contribution in [3.63, 3.8) is 0 Å². The molecule has 21 heavy (non-hydrogen) atoms. The second-order valence-corrected chi connectivity index (χ2v) is 6.41. The lowest BCUT2D eigenvalue weighted by Crippen LogP contribution is -2.34. The second-order valence-electron chi connectivity index (χ2n) is 5.98. The Labute approximate surface area is 127 Å². The monoisotopic (exact) mass is 308 g/mol. The molecule has 0 spiro atoms. The Morgan fingerprint density at radius 1 is 1.29 bits per heavy atom. The first-order valence-corrected chi connectivity index (χ1v) is 7.45. The zero-order chi connectivity index (χ0) is 15.0. The summed E-state index contributed by atoms with van der Waals surface area (Å²) in [6.45, 7) is 0.690. The molecule has 1 aromatic rings. The lowest BCUT2D eigenvalue weighted by atomic mass is 10.0. The van der Waals surface area contributed by atoms with Gasteiger partial charge >= 0.3 is 12.0 Å². The molecule has 112 valence electrons. The number of halogens is 1. The van der Waals surface area contributed by atoms with Crippen LogP contribution in [-0.2, 0) is 0 Å². The van der Waals surface area contributed by atoms with Crippen molar-refractivity contribution in [1.29, 1.82) is 0 Å². The summed E-state index contributed by atoms with van der Waals surface area (Å²) >= 11 is 5.85. The van der Waals surface area contributed by atoms with Gasteiger partial charge in [0.2, 0.25) is 0 Å². The van der Waals surface area contributed by atoms with Gasteiger partial charge in [0.05, 0.1) is 5.56 Å². The summed E-state index contributed by atoms with van der Waals surface area (Å²) in [5.41, 5.74) is 0.765. The van der Waals surface area contributed by atoms with Crippen molar-refractivity contribution < 1.29 is 14.7 Å². The minimum Gasteiger partial charge on any atom is -0.478 e. The predicted molar refractivity (Wildman–Crippen MR) is 79.8 cm³/mol. The Morgan fingerprint density at radius 2 is 2.00 bits per heavy atom. The molecule has 2 amide bonds. The molecular formula is C15H17ClN2O3. The third kappa shape index (κ3) is 3.29. The number of nitrogens with one attached hydrogen (secondary N) is 2. The fraction of sp³-hybridized carbons (Fsp3) is 0.467. The number of carbonyl (C=O) groups is 2. The second kappa shape index (κ2) is 5.22. The molecule has 0 bridgehead atoms. The molecule has 0 atom stereocenters. The first kappa shape index (κ1) is 14.2. The van der Waals surface area contributed by atoms with Crippen LogP contribution < -0.4 is 10.6 Å². The van der Waals surface area contributed by atoms with Crippen LogP contribution in [0.15, 0.2) is 18.2 Å². The number of aromatic carboxylic acids is 1. The normalized spacial score (nSPS) is 18.9. The third-order valence-corrected chi connectivity index (χ3v) is 4.56. The summed E-state index contributed by atoms with van der Waals surface area (Å²) in [5, 5.41) is 14.8. The number of carboxylic acid groups (broad SMARTS) is 1. The maximum Gasteiger partial charge on any atom is 0.335 e. The van der Waals surface area contributed by atoms with E-state index in [2.05, 4.69) is 10.6 Å². The highest BCUT2D eigenvalue weighted by atomic mass is 35.5. The van der Waals surface area contributed by atoms with Gasteiger partial charge in [0.15, 0.2) is 0 Å². The molecule has 2 fully saturated rings. The van der Waals surface area contributed by atoms with Crippen LogP contribution >= 0.6 is 11.6 Å². The van der Waals surface area contributed by atoms with Gasteiger partial charge in [0, 0.05) is 17.3 Å². The summed E-state index contributed by atoms with van der Waals surface area (Å²) in [4.78, 5) is 22.9. The SMILES string of the molecule is O=C(NCC1(C2CC2)CC1)Nc1cc(Cl)cc(C(=O)O)c1. The first-order valence-electron chi connectivity index (χ1n) is 7.07. The van der Waals surface area contributed by atoms with Crippen molar-refractivity contribution in [2.75, 3.05) is 11.9 Å². The molecule has 0 radical (unpaired) electrons. The third-order valence-electron chi connectivity index (χ3n) is 4.34. The van der Waals surface area contributed by atoms with Gasteiger partial charge in [-0.15, -0.1) is 0 Å². The summed E-state index contributed by atoms with van der Waals surface area (Å²) in [5.74, 6) is -0.297. The largest absolute Gasteiger partial charge is 0.478 e. The first-order chi connectivity index (χ1) is 9.98. The number of carbonyl (C=O) groups excluding carboxylic acids is 1. The van der Waals surface area contributed by atoms with E-state index in [4.69, 9.17) is 16.7 Å². The van der Waals surface area contributed by atoms with E-state index in [0.717, 1.165) is 5.92 Å². The van der Waals surface area contributed by atoms with Crippen LogP contribution in [0.1, 0.15) is 36.0 Å². The van der Waals surface area contributed by atoms with E-state index in [1.54, 1.807) is 0 Å². The fourth-order valence-corrected chi connectivity index (χ4v) is 3.04. The zero-order valence-electron chi connectivity index (χ0n) is 11.5. The van der Waals surface area contributed by atoms with Gasteiger partial charge in [0.1, 0.15) is 0 Å². The molecule has 0 aromatic heterocycles. The Kier molecular flexibility index (Phi) is 3.53. The average molecular weight is 309 g/mol. The van der Waals surface area contributed by atoms with Crippen LogP contribution in [0.5, 0.6) is 0 Å². The Bertz CT molecular complexity index is 595. The molecule has 0 aliphatic heterocycles. The molecule has 0 heterocycles. The number of hydrogen-bond donors (Lipinski definition) is 3. The van der Waals surface area contributed by atoms with Crippen molar-refractivity contribution in [3.05, 3.63) is 28.8 Å². The lowest BCUT2D eigenvalue weighted by Gasteiger charge is -2.15. The molecule has 3 N–H and O–H groups in total. The number of rotatable bonds is 5. The summed E-state index contributed by atoms with van der Waals surface area (Å²) in [7, 11) is 0. The molecule has 1 aromatic carbocycles. The summed E-state index contributed by atoms with van der Waals surface area (Å²) in [6.07, 6.45) is 4.94. The van der Waals surface area contributed by atoms with Gasteiger partial charge in [-0.1, -0.05) is 11.6 Å². The molecule has 5 nitrogen and oxygen atoms in total. The number of anilines is 1. The standard InChI is InChI=1S/C15H17ClN2O3/c16-11-5-9(13(19)20)6-12(7-11)18-14(21)17-8-15(3-4-15)10-1-2-10/h5-7,10H,1-4,8H2,(H,19,20)(H2,17,18,21). The van der Waals surface area contributed by atoms with E-state index >= 15 is 0 Å². The highest BCUT2D eigenvalue weighted by Gasteiger charge is 2.53. The van der Waals surface area contributed by atoms with Crippen LogP contribution in [0.4, 0.5) is 10.5 Å². The highest BCUT2D eigenvalue weighted by molar-refractivity contribution is 6.31. The maximum absolute atomic E-state index is 11.9. The van der Waals surface area contributed by atoms with E-state index in [-0.39, 0.29) is 16.6 Å². The molecule has 6 heteroatoms. The van der Waals surface area contributed by atoms with Crippen LogP contribution in [0.25, 0.3) is 0 Å². The minimum absolute atomic E-state index is 0.0504. The topological polar surface area (TPSA) is 78.4 Å². The van der Waals surface area contributed by atoms with Gasteiger partial charge in [0.25, 0.3) is 0 Å². The van der Waals surface area contributed by atoms with Gasteiger partial charge < -0.3 is 15.7 Å². The van der Waals surface area contributed by atoms with E-state index in [0.29, 0.717) is 17.6 Å². The van der Waals surface area contributed by atoms with Crippen LogP contribution in [-0.4, -0.2) is 23.7 Å². The maximum atomic E-state index is 11.9. The number of carboxylic acids is 1. The van der Waals surface area contributed by atoms with E-state index < -0.39 is 5.97 Å². The van der Waals surface area contributed by atoms with Gasteiger partial charge in [-0.3, -0.25) is 0 Å². The lowest BCUT2D eigenvalue weighted by molar-refractivity contribution is 0.0697. The molecule has 0 saturated heterocycles. The Morgan fingerprint density at radius 3 is 2.57 bits per heavy atom. The average Bonchev–Trinajstić information content (AvgIpc) is 3.27. The number of amides is 2. The summed E-state index contributed by atoms with van der Waals surface area (Å²) < 4.78 is 0. The minimum atomic E-state index is -1.08. The quantitative estimate of drug-likeness (QED) is 0.780. The zero-order valence-corrected chi connectivity index (χ0v) is 12.2. The van der Waals surface area contributed by atoms with E-state index in [1.165, 1.54) is 43.9 Å². The van der Waals surface area contributed by atoms with E-state index in [9.17, 15) is 9.59 Å². The smallest absolute Gasteiger partial charge is 0.335 e. The number of hydrogen-bond acceptors (Lipinski definition) is 2. The van der Waals surface area contributed by atoms with Crippen LogP contribution in [0.3, 0.4) is 0 Å².